The van der Waals surface area contributed by atoms with Crippen molar-refractivity contribution in [2.24, 2.45) is 0 Å². The van der Waals surface area contributed by atoms with Crippen molar-refractivity contribution in [1.82, 2.24) is 14.8 Å². The molecule has 0 fully saturated rings. The second-order valence-corrected chi connectivity index (χ2v) is 11.5. The van der Waals surface area contributed by atoms with Crippen LogP contribution in [0.15, 0.2) is 111 Å². The van der Waals surface area contributed by atoms with Crippen LogP contribution in [0.5, 0.6) is 11.5 Å². The number of phenols is 2. The van der Waals surface area contributed by atoms with E-state index in [1.165, 1.54) is 0 Å². The number of hydrogen-bond donors (Lipinski definition) is 2. The number of para-hydroxylation sites is 1. The topological polar surface area (TPSA) is 101 Å². The van der Waals surface area contributed by atoms with Gasteiger partial charge in [-0.15, -0.1) is 0 Å². The van der Waals surface area contributed by atoms with Gasteiger partial charge in [-0.2, -0.15) is 5.10 Å². The van der Waals surface area contributed by atoms with E-state index in [9.17, 15) is 15.0 Å². The highest BCUT2D eigenvalue weighted by Crippen LogP contribution is 2.42. The molecule has 0 aliphatic heterocycles. The first kappa shape index (κ1) is 26.9. The number of nitrogens with zero attached hydrogens (tertiary/aromatic N) is 3. The van der Waals surface area contributed by atoms with Crippen LogP contribution in [-0.2, 0) is 0 Å². The summed E-state index contributed by atoms with van der Waals surface area (Å²) in [5.41, 5.74) is 5.24. The van der Waals surface area contributed by atoms with Crippen molar-refractivity contribution in [2.75, 3.05) is 0 Å². The molecule has 0 atom stereocenters. The SMILES string of the molecule is Cc1ccc2c(c1)oc(=O)c1c(-c3cn(-c4ccccc4)nc3-c3ccc(O)cc3)cc(-c3cc(Cl)cc(Br)c3O)nc12. The van der Waals surface area contributed by atoms with Crippen LogP contribution in [0.1, 0.15) is 5.56 Å². The smallest absolute Gasteiger partial charge is 0.346 e. The molecule has 7 nitrogen and oxygen atoms in total. The molecule has 43 heavy (non-hydrogen) atoms. The number of rotatable bonds is 4. The maximum Gasteiger partial charge on any atom is 0.346 e. The second kappa shape index (κ2) is 10.4. The fourth-order valence-electron chi connectivity index (χ4n) is 5.24. The molecule has 0 spiro atoms. The Morgan fingerprint density at radius 3 is 2.42 bits per heavy atom. The van der Waals surface area contributed by atoms with Crippen molar-refractivity contribution in [3.8, 4) is 50.8 Å². The number of benzene rings is 4. The molecule has 210 valence electrons. The molecule has 3 heterocycles. The standard InChI is InChI=1S/C34H21BrClN3O4/c1-18-7-12-23-29(13-18)43-34(42)30-24(16-28(37-32(23)30)25-14-20(36)15-27(35)33(25)41)26-17-39(21-5-3-2-4-6-21)38-31(26)19-8-10-22(40)11-9-19/h2-17,40-41H,1H3. The summed E-state index contributed by atoms with van der Waals surface area (Å²) < 4.78 is 7.99. The number of fused-ring (bicyclic) bond motifs is 3. The van der Waals surface area contributed by atoms with Gasteiger partial charge in [0.1, 0.15) is 22.8 Å². The third-order valence-corrected chi connectivity index (χ3v) is 8.11. The Labute approximate surface area is 258 Å². The average Bonchev–Trinajstić information content (AvgIpc) is 3.44. The molecule has 0 bridgehead atoms. The summed E-state index contributed by atoms with van der Waals surface area (Å²) in [5, 5.41) is 27.3. The summed E-state index contributed by atoms with van der Waals surface area (Å²) in [7, 11) is 0. The summed E-state index contributed by atoms with van der Waals surface area (Å²) in [6.07, 6.45) is 1.85. The molecule has 0 saturated carbocycles. The van der Waals surface area contributed by atoms with Gasteiger partial charge in [0.25, 0.3) is 0 Å². The maximum atomic E-state index is 13.7. The summed E-state index contributed by atoms with van der Waals surface area (Å²) >= 11 is 9.79. The van der Waals surface area contributed by atoms with Crippen LogP contribution >= 0.6 is 27.5 Å². The van der Waals surface area contributed by atoms with Gasteiger partial charge in [-0.3, -0.25) is 0 Å². The van der Waals surface area contributed by atoms with Crippen LogP contribution in [-0.4, -0.2) is 25.0 Å². The van der Waals surface area contributed by atoms with Crippen molar-refractivity contribution in [2.45, 2.75) is 6.92 Å². The number of aromatic hydroxyl groups is 2. The average molecular weight is 651 g/mol. The van der Waals surface area contributed by atoms with Gasteiger partial charge in [0.15, 0.2) is 0 Å². The van der Waals surface area contributed by atoms with Gasteiger partial charge < -0.3 is 14.6 Å². The zero-order valence-corrected chi connectivity index (χ0v) is 24.9. The van der Waals surface area contributed by atoms with E-state index >= 15 is 0 Å². The molecule has 7 rings (SSSR count). The Bertz CT molecular complexity index is 2260. The Hall–Kier alpha value is -4.92. The van der Waals surface area contributed by atoms with Gasteiger partial charge in [-0.1, -0.05) is 35.9 Å². The Balaban J connectivity index is 1.63. The molecule has 3 aromatic heterocycles. The summed E-state index contributed by atoms with van der Waals surface area (Å²) in [6, 6.07) is 26.9. The molecular formula is C34H21BrClN3O4. The van der Waals surface area contributed by atoms with Gasteiger partial charge >= 0.3 is 5.63 Å². The van der Waals surface area contributed by atoms with E-state index in [0.717, 1.165) is 16.8 Å². The second-order valence-electron chi connectivity index (χ2n) is 10.2. The molecule has 0 aliphatic carbocycles. The van der Waals surface area contributed by atoms with Crippen molar-refractivity contribution in [3.05, 3.63) is 123 Å². The van der Waals surface area contributed by atoms with E-state index < -0.39 is 5.63 Å². The summed E-state index contributed by atoms with van der Waals surface area (Å²) in [5.74, 6) is 0.0814. The van der Waals surface area contributed by atoms with E-state index in [2.05, 4.69) is 15.9 Å². The molecule has 0 aliphatic rings. The molecule has 9 heteroatoms. The first-order valence-electron chi connectivity index (χ1n) is 13.3. The molecule has 0 radical (unpaired) electrons. The first-order chi connectivity index (χ1) is 20.8. The minimum absolute atomic E-state index is 0.0379. The fourth-order valence-corrected chi connectivity index (χ4v) is 6.05. The van der Waals surface area contributed by atoms with Gasteiger partial charge in [-0.25, -0.2) is 14.5 Å². The molecule has 0 unspecified atom stereocenters. The predicted molar refractivity (Wildman–Crippen MR) is 172 cm³/mol. The van der Waals surface area contributed by atoms with Crippen LogP contribution < -0.4 is 5.63 Å². The molecule has 4 aromatic carbocycles. The maximum absolute atomic E-state index is 13.7. The number of aryl methyl sites for hydroxylation is 1. The minimum atomic E-state index is -0.553. The lowest BCUT2D eigenvalue weighted by atomic mass is 9.96. The van der Waals surface area contributed by atoms with Gasteiger partial charge in [0, 0.05) is 38.9 Å². The fraction of sp³-hybridized carbons (Fsp3) is 0.0294. The van der Waals surface area contributed by atoms with E-state index in [-0.39, 0.29) is 16.9 Å². The zero-order valence-electron chi connectivity index (χ0n) is 22.5. The van der Waals surface area contributed by atoms with Crippen LogP contribution in [0.2, 0.25) is 5.02 Å². The van der Waals surface area contributed by atoms with E-state index in [0.29, 0.717) is 54.1 Å². The van der Waals surface area contributed by atoms with Crippen LogP contribution in [0.3, 0.4) is 0 Å². The van der Waals surface area contributed by atoms with Crippen LogP contribution in [0.25, 0.3) is 61.2 Å². The summed E-state index contributed by atoms with van der Waals surface area (Å²) in [6.45, 7) is 1.92. The first-order valence-corrected chi connectivity index (χ1v) is 14.5. The number of aromatic nitrogens is 3. The van der Waals surface area contributed by atoms with Crippen LogP contribution in [0, 0.1) is 6.92 Å². The van der Waals surface area contributed by atoms with Crippen molar-refractivity contribution < 1.29 is 14.6 Å². The summed E-state index contributed by atoms with van der Waals surface area (Å²) in [4.78, 5) is 18.7. The number of phenolic OH excluding ortho intramolecular Hbond substituents is 2. The van der Waals surface area contributed by atoms with Crippen molar-refractivity contribution >= 4 is 49.4 Å². The van der Waals surface area contributed by atoms with Gasteiger partial charge in [-0.05, 0) is 95.1 Å². The molecule has 0 amide bonds. The zero-order chi connectivity index (χ0) is 29.8. The third kappa shape index (κ3) is 4.74. The molecule has 7 aromatic rings. The molecule has 0 saturated heterocycles. The number of hydrogen-bond acceptors (Lipinski definition) is 6. The predicted octanol–water partition coefficient (Wildman–Crippen LogP) is 8.66. The lowest BCUT2D eigenvalue weighted by Crippen LogP contribution is -2.05. The van der Waals surface area contributed by atoms with E-state index in [1.807, 2.05) is 55.6 Å². The van der Waals surface area contributed by atoms with Crippen LogP contribution in [0.4, 0.5) is 0 Å². The normalized spacial score (nSPS) is 11.4. The Morgan fingerprint density at radius 1 is 0.884 bits per heavy atom. The molecule has 2 N–H and O–H groups in total. The number of halogens is 2. The van der Waals surface area contributed by atoms with Gasteiger partial charge in [0.05, 0.1) is 26.8 Å². The monoisotopic (exact) mass is 649 g/mol. The lowest BCUT2D eigenvalue weighted by Gasteiger charge is -2.13. The minimum Gasteiger partial charge on any atom is -0.508 e. The Morgan fingerprint density at radius 2 is 1.65 bits per heavy atom. The van der Waals surface area contributed by atoms with Gasteiger partial charge in [0.2, 0.25) is 0 Å². The van der Waals surface area contributed by atoms with Crippen molar-refractivity contribution in [3.63, 3.8) is 0 Å². The highest BCUT2D eigenvalue weighted by Gasteiger charge is 2.23. The lowest BCUT2D eigenvalue weighted by molar-refractivity contribution is 0.473. The highest BCUT2D eigenvalue weighted by molar-refractivity contribution is 9.10. The molecular weight excluding hydrogens is 630 g/mol. The van der Waals surface area contributed by atoms with E-state index in [4.69, 9.17) is 26.1 Å². The number of pyridine rings is 1. The third-order valence-electron chi connectivity index (χ3n) is 7.29. The quantitative estimate of drug-likeness (QED) is 0.146. The van der Waals surface area contributed by atoms with E-state index in [1.54, 1.807) is 53.2 Å². The van der Waals surface area contributed by atoms with Crippen molar-refractivity contribution in [1.29, 1.82) is 0 Å². The largest absolute Gasteiger partial charge is 0.508 e. The Kier molecular flexibility index (Phi) is 6.53. The highest BCUT2D eigenvalue weighted by atomic mass is 79.9.